The Hall–Kier alpha value is -1.22. The first-order chi connectivity index (χ1) is 5.99. The first-order valence-corrected chi connectivity index (χ1v) is 4.06. The van der Waals surface area contributed by atoms with Crippen molar-refractivity contribution >= 4 is 12.1 Å². The van der Waals surface area contributed by atoms with E-state index in [4.69, 9.17) is 0 Å². The molecule has 0 aromatic carbocycles. The molecule has 13 heavy (non-hydrogen) atoms. The number of aldehydes is 1. The summed E-state index contributed by atoms with van der Waals surface area (Å²) in [6.07, 6.45) is 5.27. The van der Waals surface area contributed by atoms with Gasteiger partial charge in [0, 0.05) is 5.57 Å². The largest absolute Gasteiger partial charge is 0.385 e. The first-order valence-electron chi connectivity index (χ1n) is 4.06. The monoisotopic (exact) mass is 180 g/mol. The maximum absolute atomic E-state index is 11.2. The van der Waals surface area contributed by atoms with E-state index >= 15 is 0 Å². The fourth-order valence-corrected chi connectivity index (χ4v) is 1.64. The molecular formula is C10H12O3. The van der Waals surface area contributed by atoms with Crippen LogP contribution in [0.25, 0.3) is 0 Å². The van der Waals surface area contributed by atoms with E-state index in [1.54, 1.807) is 12.2 Å². The lowest BCUT2D eigenvalue weighted by molar-refractivity contribution is -0.126. The van der Waals surface area contributed by atoms with Crippen molar-refractivity contribution in [3.05, 3.63) is 23.8 Å². The first kappa shape index (κ1) is 9.86. The van der Waals surface area contributed by atoms with E-state index in [0.717, 1.165) is 0 Å². The second kappa shape index (κ2) is 3.26. The van der Waals surface area contributed by atoms with Crippen molar-refractivity contribution in [1.29, 1.82) is 0 Å². The summed E-state index contributed by atoms with van der Waals surface area (Å²) in [5, 5.41) is 9.80. The molecule has 0 heterocycles. The zero-order valence-electron chi connectivity index (χ0n) is 7.65. The van der Waals surface area contributed by atoms with Crippen LogP contribution in [0.4, 0.5) is 0 Å². The molecule has 3 heteroatoms. The molecule has 0 bridgehead atoms. The highest BCUT2D eigenvalue weighted by Gasteiger charge is 2.37. The lowest BCUT2D eigenvalue weighted by atomic mass is 9.78. The quantitative estimate of drug-likeness (QED) is 0.634. The Balaban J connectivity index is 3.11. The van der Waals surface area contributed by atoms with Gasteiger partial charge in [-0.25, -0.2) is 0 Å². The van der Waals surface area contributed by atoms with Crippen LogP contribution in [0, 0.1) is 5.92 Å². The van der Waals surface area contributed by atoms with Gasteiger partial charge in [0.15, 0.2) is 0 Å². The summed E-state index contributed by atoms with van der Waals surface area (Å²) in [6, 6.07) is 0. The number of hydrogen-bond donors (Lipinski definition) is 1. The molecule has 1 N–H and O–H groups in total. The van der Waals surface area contributed by atoms with Gasteiger partial charge in [-0.15, -0.1) is 0 Å². The maximum Gasteiger partial charge on any atom is 0.146 e. The van der Waals surface area contributed by atoms with Crippen LogP contribution in [0.5, 0.6) is 0 Å². The zero-order valence-corrected chi connectivity index (χ0v) is 7.65. The molecule has 1 aliphatic carbocycles. The standard InChI is InChI=1S/C10H12O3/c1-7(12)9-8(6-11)4-3-5-10(9,2)13/h3-6,9,13H,1-2H3. The average molecular weight is 180 g/mol. The van der Waals surface area contributed by atoms with Crippen LogP contribution in [0.15, 0.2) is 23.8 Å². The van der Waals surface area contributed by atoms with Gasteiger partial charge in [0.1, 0.15) is 12.1 Å². The van der Waals surface area contributed by atoms with Crippen molar-refractivity contribution < 1.29 is 14.7 Å². The molecule has 0 aliphatic heterocycles. The van der Waals surface area contributed by atoms with Crippen molar-refractivity contribution in [1.82, 2.24) is 0 Å². The third-order valence-corrected chi connectivity index (χ3v) is 2.18. The molecule has 1 aliphatic rings. The van der Waals surface area contributed by atoms with E-state index in [-0.39, 0.29) is 5.78 Å². The highest BCUT2D eigenvalue weighted by molar-refractivity contribution is 5.92. The summed E-state index contributed by atoms with van der Waals surface area (Å²) in [7, 11) is 0. The minimum absolute atomic E-state index is 0.201. The molecule has 0 amide bonds. The van der Waals surface area contributed by atoms with Crippen LogP contribution in [0.3, 0.4) is 0 Å². The fourth-order valence-electron chi connectivity index (χ4n) is 1.64. The highest BCUT2D eigenvalue weighted by atomic mass is 16.3. The number of carbonyl (C=O) groups is 2. The van der Waals surface area contributed by atoms with Crippen LogP contribution < -0.4 is 0 Å². The Morgan fingerprint density at radius 1 is 1.69 bits per heavy atom. The van der Waals surface area contributed by atoms with Gasteiger partial charge in [0.25, 0.3) is 0 Å². The molecule has 0 radical (unpaired) electrons. The Kier molecular flexibility index (Phi) is 2.48. The molecule has 2 unspecified atom stereocenters. The minimum Gasteiger partial charge on any atom is -0.385 e. The van der Waals surface area contributed by atoms with Crippen LogP contribution in [-0.2, 0) is 9.59 Å². The van der Waals surface area contributed by atoms with E-state index in [1.807, 2.05) is 0 Å². The number of hydrogen-bond acceptors (Lipinski definition) is 3. The fraction of sp³-hybridized carbons (Fsp3) is 0.400. The summed E-state index contributed by atoms with van der Waals surface area (Å²) in [6.45, 7) is 2.89. The molecule has 0 fully saturated rings. The van der Waals surface area contributed by atoms with Crippen molar-refractivity contribution in [3.63, 3.8) is 0 Å². The van der Waals surface area contributed by atoms with Gasteiger partial charge in [-0.2, -0.15) is 0 Å². The van der Waals surface area contributed by atoms with E-state index < -0.39 is 11.5 Å². The number of rotatable bonds is 2. The molecule has 2 atom stereocenters. The van der Waals surface area contributed by atoms with E-state index in [9.17, 15) is 14.7 Å². The van der Waals surface area contributed by atoms with Crippen LogP contribution in [0.1, 0.15) is 13.8 Å². The topological polar surface area (TPSA) is 54.4 Å². The zero-order chi connectivity index (χ0) is 10.1. The van der Waals surface area contributed by atoms with Gasteiger partial charge < -0.3 is 5.11 Å². The van der Waals surface area contributed by atoms with Gasteiger partial charge in [-0.05, 0) is 13.8 Å². The lowest BCUT2D eigenvalue weighted by Gasteiger charge is -2.30. The number of aliphatic hydroxyl groups is 1. The van der Waals surface area contributed by atoms with Gasteiger partial charge in [0.05, 0.1) is 11.5 Å². The van der Waals surface area contributed by atoms with Crippen molar-refractivity contribution in [2.75, 3.05) is 0 Å². The number of ketones is 1. The molecule has 0 saturated carbocycles. The van der Waals surface area contributed by atoms with Crippen LogP contribution in [-0.4, -0.2) is 22.8 Å². The van der Waals surface area contributed by atoms with Crippen molar-refractivity contribution in [3.8, 4) is 0 Å². The van der Waals surface area contributed by atoms with E-state index in [0.29, 0.717) is 11.9 Å². The SMILES string of the molecule is CC(=O)C1C(C=O)=CC=CC1(C)O. The summed E-state index contributed by atoms with van der Waals surface area (Å²) >= 11 is 0. The molecule has 0 aromatic rings. The maximum atomic E-state index is 11.2. The Morgan fingerprint density at radius 3 is 2.69 bits per heavy atom. The summed E-state index contributed by atoms with van der Waals surface area (Å²) in [5.41, 5.74) is -0.906. The Bertz CT molecular complexity index is 297. The number of allylic oxidation sites excluding steroid dienone is 2. The van der Waals surface area contributed by atoms with Gasteiger partial charge in [-0.1, -0.05) is 18.2 Å². The summed E-state index contributed by atoms with van der Waals surface area (Å²) in [4.78, 5) is 21.8. The molecule has 1 rings (SSSR count). The summed E-state index contributed by atoms with van der Waals surface area (Å²) in [5.74, 6) is -0.928. The third-order valence-electron chi connectivity index (χ3n) is 2.18. The molecule has 0 saturated heterocycles. The Labute approximate surface area is 76.8 Å². The normalized spacial score (nSPS) is 32.5. The third kappa shape index (κ3) is 1.75. The minimum atomic E-state index is -1.24. The van der Waals surface area contributed by atoms with Crippen LogP contribution in [0.2, 0.25) is 0 Å². The van der Waals surface area contributed by atoms with E-state index in [2.05, 4.69) is 0 Å². The second-order valence-corrected chi connectivity index (χ2v) is 3.41. The molecule has 70 valence electrons. The molecule has 0 aromatic heterocycles. The predicted octanol–water partition coefficient (Wildman–Crippen LogP) is 0.638. The lowest BCUT2D eigenvalue weighted by Crippen LogP contribution is -2.39. The number of Topliss-reactive ketones (excluding diaryl/α,β-unsaturated/α-hetero) is 1. The van der Waals surface area contributed by atoms with Gasteiger partial charge in [0.2, 0.25) is 0 Å². The highest BCUT2D eigenvalue weighted by Crippen LogP contribution is 2.29. The second-order valence-electron chi connectivity index (χ2n) is 3.41. The summed E-state index contributed by atoms with van der Waals surface area (Å²) < 4.78 is 0. The molecular weight excluding hydrogens is 168 g/mol. The average Bonchev–Trinajstić information content (AvgIpc) is 2.01. The smallest absolute Gasteiger partial charge is 0.146 e. The van der Waals surface area contributed by atoms with Gasteiger partial charge in [-0.3, -0.25) is 9.59 Å². The van der Waals surface area contributed by atoms with Gasteiger partial charge >= 0.3 is 0 Å². The molecule has 3 nitrogen and oxygen atoms in total. The van der Waals surface area contributed by atoms with Crippen molar-refractivity contribution in [2.24, 2.45) is 5.92 Å². The molecule has 0 spiro atoms. The number of carbonyl (C=O) groups excluding carboxylic acids is 2. The predicted molar refractivity (Wildman–Crippen MR) is 48.1 cm³/mol. The van der Waals surface area contributed by atoms with E-state index in [1.165, 1.54) is 19.9 Å². The Morgan fingerprint density at radius 2 is 2.31 bits per heavy atom. The van der Waals surface area contributed by atoms with Crippen molar-refractivity contribution in [2.45, 2.75) is 19.4 Å². The van der Waals surface area contributed by atoms with Crippen LogP contribution >= 0.6 is 0 Å².